The molecule has 1 aromatic carbocycles. The fourth-order valence-electron chi connectivity index (χ4n) is 1.80. The van der Waals surface area contributed by atoms with Gasteiger partial charge in [0.2, 0.25) is 0 Å². The van der Waals surface area contributed by atoms with Crippen LogP contribution < -0.4 is 5.32 Å². The zero-order chi connectivity index (χ0) is 13.9. The van der Waals surface area contributed by atoms with Crippen molar-refractivity contribution in [3.63, 3.8) is 0 Å². The lowest BCUT2D eigenvalue weighted by Gasteiger charge is -2.22. The van der Waals surface area contributed by atoms with Crippen LogP contribution in [0.25, 0.3) is 0 Å². The summed E-state index contributed by atoms with van der Waals surface area (Å²) in [6.45, 7) is 2.35. The van der Waals surface area contributed by atoms with Crippen molar-refractivity contribution in [2.45, 2.75) is 19.1 Å². The van der Waals surface area contributed by atoms with E-state index in [9.17, 15) is 9.50 Å². The first-order valence-electron chi connectivity index (χ1n) is 5.90. The van der Waals surface area contributed by atoms with Crippen LogP contribution in [0.4, 0.5) is 4.39 Å². The highest BCUT2D eigenvalue weighted by Crippen LogP contribution is 2.25. The van der Waals surface area contributed by atoms with E-state index in [1.54, 1.807) is 19.1 Å². The average molecular weight is 300 g/mol. The van der Waals surface area contributed by atoms with Gasteiger partial charge in [-0.25, -0.2) is 4.39 Å². The fourth-order valence-corrected chi connectivity index (χ4v) is 2.82. The van der Waals surface area contributed by atoms with Gasteiger partial charge in [-0.3, -0.25) is 0 Å². The molecule has 1 aromatic heterocycles. The number of halogens is 2. The minimum absolute atomic E-state index is 0.285. The Morgan fingerprint density at radius 2 is 2.16 bits per heavy atom. The summed E-state index contributed by atoms with van der Waals surface area (Å²) in [4.78, 5) is 0.875. The molecule has 0 bridgehead atoms. The Balaban J connectivity index is 1.97. The predicted molar refractivity (Wildman–Crippen MR) is 77.0 cm³/mol. The molecule has 2 aromatic rings. The lowest BCUT2D eigenvalue weighted by molar-refractivity contribution is 0.0603. The van der Waals surface area contributed by atoms with Gasteiger partial charge in [-0.2, -0.15) is 0 Å². The van der Waals surface area contributed by atoms with Crippen LogP contribution in [0.2, 0.25) is 5.02 Å². The van der Waals surface area contributed by atoms with Crippen LogP contribution in [0.5, 0.6) is 0 Å². The minimum Gasteiger partial charge on any atom is -0.383 e. The van der Waals surface area contributed by atoms with Crippen LogP contribution >= 0.6 is 22.9 Å². The van der Waals surface area contributed by atoms with Crippen molar-refractivity contribution in [3.05, 3.63) is 57.0 Å². The smallest absolute Gasteiger partial charge is 0.129 e. The SMILES string of the molecule is CC(O)(CNCc1c(F)cccc1Cl)c1cccs1. The summed E-state index contributed by atoms with van der Waals surface area (Å²) in [5, 5.41) is 15.7. The second-order valence-corrected chi connectivity index (χ2v) is 5.91. The Morgan fingerprint density at radius 1 is 1.37 bits per heavy atom. The first-order chi connectivity index (χ1) is 9.00. The van der Waals surface area contributed by atoms with E-state index in [-0.39, 0.29) is 12.4 Å². The largest absolute Gasteiger partial charge is 0.383 e. The van der Waals surface area contributed by atoms with Crippen LogP contribution in [0.15, 0.2) is 35.7 Å². The van der Waals surface area contributed by atoms with Crippen molar-refractivity contribution < 1.29 is 9.50 Å². The van der Waals surface area contributed by atoms with E-state index in [0.29, 0.717) is 17.1 Å². The Hall–Kier alpha value is -0.940. The number of benzene rings is 1. The van der Waals surface area contributed by atoms with Gasteiger partial charge in [0.05, 0.1) is 0 Å². The van der Waals surface area contributed by atoms with Crippen LogP contribution in [0.1, 0.15) is 17.4 Å². The molecular weight excluding hydrogens is 285 g/mol. The molecule has 0 aliphatic rings. The van der Waals surface area contributed by atoms with Crippen molar-refractivity contribution in [3.8, 4) is 0 Å². The average Bonchev–Trinajstić information content (AvgIpc) is 2.87. The minimum atomic E-state index is -0.966. The number of thiophene rings is 1. The number of aliphatic hydroxyl groups is 1. The molecule has 1 atom stereocenters. The maximum absolute atomic E-state index is 13.6. The number of hydrogen-bond acceptors (Lipinski definition) is 3. The van der Waals surface area contributed by atoms with Gasteiger partial charge in [-0.1, -0.05) is 23.7 Å². The summed E-state index contributed by atoms with van der Waals surface area (Å²) >= 11 is 7.43. The summed E-state index contributed by atoms with van der Waals surface area (Å²) in [6.07, 6.45) is 0. The highest BCUT2D eigenvalue weighted by molar-refractivity contribution is 7.10. The van der Waals surface area contributed by atoms with Crippen molar-refractivity contribution in [2.75, 3.05) is 6.54 Å². The van der Waals surface area contributed by atoms with Gasteiger partial charge in [0, 0.05) is 28.6 Å². The van der Waals surface area contributed by atoms with Gasteiger partial charge in [-0.15, -0.1) is 11.3 Å². The molecule has 0 saturated carbocycles. The molecule has 0 saturated heterocycles. The molecule has 1 heterocycles. The van der Waals surface area contributed by atoms with Crippen molar-refractivity contribution in [1.82, 2.24) is 5.32 Å². The molecular formula is C14H15ClFNOS. The molecule has 0 fully saturated rings. The summed E-state index contributed by atoms with van der Waals surface area (Å²) in [7, 11) is 0. The second kappa shape index (κ2) is 6.01. The molecule has 0 amide bonds. The normalized spacial score (nSPS) is 14.3. The third-order valence-corrected chi connectivity index (χ3v) is 4.36. The van der Waals surface area contributed by atoms with E-state index in [4.69, 9.17) is 11.6 Å². The van der Waals surface area contributed by atoms with Crippen molar-refractivity contribution in [1.29, 1.82) is 0 Å². The molecule has 19 heavy (non-hydrogen) atoms. The Labute approximate surface area is 120 Å². The van der Waals surface area contributed by atoms with E-state index < -0.39 is 5.60 Å². The van der Waals surface area contributed by atoms with E-state index in [2.05, 4.69) is 5.32 Å². The molecule has 2 rings (SSSR count). The van der Waals surface area contributed by atoms with E-state index in [0.717, 1.165) is 4.88 Å². The highest BCUT2D eigenvalue weighted by Gasteiger charge is 2.23. The first kappa shape index (κ1) is 14.5. The molecule has 102 valence electrons. The summed E-state index contributed by atoms with van der Waals surface area (Å²) in [5.41, 5.74) is -0.544. The van der Waals surface area contributed by atoms with Crippen LogP contribution in [0, 0.1) is 5.82 Å². The van der Waals surface area contributed by atoms with E-state index in [1.807, 2.05) is 17.5 Å². The lowest BCUT2D eigenvalue weighted by atomic mass is 10.1. The van der Waals surface area contributed by atoms with Gasteiger partial charge >= 0.3 is 0 Å². The Morgan fingerprint density at radius 3 is 2.79 bits per heavy atom. The fraction of sp³-hybridized carbons (Fsp3) is 0.286. The molecule has 1 unspecified atom stereocenters. The van der Waals surface area contributed by atoms with Gasteiger partial charge in [0.1, 0.15) is 11.4 Å². The van der Waals surface area contributed by atoms with Gasteiger partial charge in [-0.05, 0) is 30.5 Å². The number of rotatable bonds is 5. The third-order valence-electron chi connectivity index (χ3n) is 2.88. The van der Waals surface area contributed by atoms with Crippen molar-refractivity contribution in [2.24, 2.45) is 0 Å². The zero-order valence-corrected chi connectivity index (χ0v) is 12.1. The van der Waals surface area contributed by atoms with E-state index in [1.165, 1.54) is 17.4 Å². The summed E-state index contributed by atoms with van der Waals surface area (Å²) < 4.78 is 13.6. The Kier molecular flexibility index (Phi) is 4.58. The standard InChI is InChI=1S/C14H15ClFNOS/c1-14(18,13-6-3-7-19-13)9-17-8-10-11(15)4-2-5-12(10)16/h2-7,17-18H,8-9H2,1H3. The Bertz CT molecular complexity index is 522. The molecule has 5 heteroatoms. The van der Waals surface area contributed by atoms with Gasteiger partial charge in [0.25, 0.3) is 0 Å². The van der Waals surface area contributed by atoms with Crippen LogP contribution in [-0.4, -0.2) is 11.7 Å². The number of hydrogen-bond donors (Lipinski definition) is 2. The monoisotopic (exact) mass is 299 g/mol. The molecule has 2 N–H and O–H groups in total. The lowest BCUT2D eigenvalue weighted by Crippen LogP contribution is -2.34. The summed E-state index contributed by atoms with van der Waals surface area (Å²) in [6, 6.07) is 8.37. The third kappa shape index (κ3) is 3.54. The highest BCUT2D eigenvalue weighted by atomic mass is 35.5. The van der Waals surface area contributed by atoms with E-state index >= 15 is 0 Å². The number of nitrogens with one attached hydrogen (secondary N) is 1. The topological polar surface area (TPSA) is 32.3 Å². The van der Waals surface area contributed by atoms with Gasteiger partial charge < -0.3 is 10.4 Å². The summed E-state index contributed by atoms with van der Waals surface area (Å²) in [5.74, 6) is -0.337. The quantitative estimate of drug-likeness (QED) is 0.885. The molecule has 2 nitrogen and oxygen atoms in total. The van der Waals surface area contributed by atoms with Crippen LogP contribution in [-0.2, 0) is 12.1 Å². The molecule has 0 aliphatic heterocycles. The van der Waals surface area contributed by atoms with Crippen LogP contribution in [0.3, 0.4) is 0 Å². The molecule has 0 radical (unpaired) electrons. The van der Waals surface area contributed by atoms with Gasteiger partial charge in [0.15, 0.2) is 0 Å². The zero-order valence-electron chi connectivity index (χ0n) is 10.5. The second-order valence-electron chi connectivity index (χ2n) is 4.55. The maximum atomic E-state index is 13.6. The maximum Gasteiger partial charge on any atom is 0.129 e. The predicted octanol–water partition coefficient (Wildman–Crippen LogP) is 3.54. The van der Waals surface area contributed by atoms with Crippen molar-refractivity contribution >= 4 is 22.9 Å². The molecule has 0 aliphatic carbocycles. The molecule has 0 spiro atoms. The first-order valence-corrected chi connectivity index (χ1v) is 7.16.